The van der Waals surface area contributed by atoms with Crippen molar-refractivity contribution in [1.29, 1.82) is 0 Å². The predicted molar refractivity (Wildman–Crippen MR) is 101 cm³/mol. The van der Waals surface area contributed by atoms with Crippen LogP contribution in [0.1, 0.15) is 33.6 Å². The Labute approximate surface area is 164 Å². The molecule has 2 aromatic rings. The van der Waals surface area contributed by atoms with Gasteiger partial charge in [-0.15, -0.1) is 5.73 Å². The fraction of sp³-hybridized carbons (Fsp3) is 0.143. The molecule has 0 amide bonds. The van der Waals surface area contributed by atoms with E-state index < -0.39 is 28.1 Å². The molecule has 0 aromatic heterocycles. The molecule has 1 aliphatic carbocycles. The Morgan fingerprint density at radius 2 is 1.69 bits per heavy atom. The number of nitrogens with zero attached hydrogens (tertiary/aromatic N) is 1. The molecule has 0 saturated heterocycles. The standard InChI is InChI=1S/C21H15NO7/c23-18(29-15-11-9-14(10-12-15)22(27)28)8-2-1-5-13-21(26)19(24)16-6-3-4-7-17(16)20(21)25/h1,3-4,6-7,9-13,26H,2,8H2. The molecule has 1 N–H and O–H groups in total. The minimum atomic E-state index is -2.29. The lowest BCUT2D eigenvalue weighted by Gasteiger charge is -2.11. The van der Waals surface area contributed by atoms with Gasteiger partial charge < -0.3 is 9.84 Å². The van der Waals surface area contributed by atoms with Crippen molar-refractivity contribution in [2.45, 2.75) is 18.4 Å². The first-order chi connectivity index (χ1) is 13.8. The Balaban J connectivity index is 1.57. The summed E-state index contributed by atoms with van der Waals surface area (Å²) in [6, 6.07) is 11.2. The Morgan fingerprint density at radius 1 is 1.10 bits per heavy atom. The number of carbonyl (C=O) groups excluding carboxylic acids is 3. The van der Waals surface area contributed by atoms with Crippen molar-refractivity contribution in [1.82, 2.24) is 0 Å². The minimum absolute atomic E-state index is 0.0294. The van der Waals surface area contributed by atoms with Crippen LogP contribution < -0.4 is 4.74 Å². The summed E-state index contributed by atoms with van der Waals surface area (Å²) in [6.07, 6.45) is 2.55. The highest BCUT2D eigenvalue weighted by Crippen LogP contribution is 2.30. The van der Waals surface area contributed by atoms with Crippen LogP contribution in [-0.4, -0.2) is 33.2 Å². The summed E-state index contributed by atoms with van der Waals surface area (Å²) in [4.78, 5) is 46.4. The van der Waals surface area contributed by atoms with Gasteiger partial charge in [0, 0.05) is 35.8 Å². The van der Waals surface area contributed by atoms with Crippen LogP contribution in [0.5, 0.6) is 5.75 Å². The first-order valence-electron chi connectivity index (χ1n) is 8.61. The second-order valence-corrected chi connectivity index (χ2v) is 6.25. The van der Waals surface area contributed by atoms with Gasteiger partial charge in [0.1, 0.15) is 5.75 Å². The zero-order chi connectivity index (χ0) is 21.0. The maximum absolute atomic E-state index is 12.3. The first-order valence-corrected chi connectivity index (χ1v) is 8.61. The summed E-state index contributed by atoms with van der Waals surface area (Å²) in [5.74, 6) is -1.82. The summed E-state index contributed by atoms with van der Waals surface area (Å²) in [5.41, 5.74) is 0.484. The molecule has 0 bridgehead atoms. The van der Waals surface area contributed by atoms with Gasteiger partial charge in [0.2, 0.25) is 17.2 Å². The summed E-state index contributed by atoms with van der Waals surface area (Å²) in [7, 11) is 0. The van der Waals surface area contributed by atoms with E-state index in [1.165, 1.54) is 42.5 Å². The largest absolute Gasteiger partial charge is 0.427 e. The van der Waals surface area contributed by atoms with Gasteiger partial charge in [0.15, 0.2) is 0 Å². The normalized spacial score (nSPS) is 14.0. The SMILES string of the molecule is O=C(CCC=C=CC1(O)C(=O)c2ccccc2C1=O)Oc1ccc([N+](=O)[O-])cc1. The van der Waals surface area contributed by atoms with Crippen LogP contribution in [0.25, 0.3) is 0 Å². The Hall–Kier alpha value is -3.87. The van der Waals surface area contributed by atoms with Gasteiger partial charge in [0.05, 0.1) is 4.92 Å². The summed E-state index contributed by atoms with van der Waals surface area (Å²) >= 11 is 0. The molecule has 0 aliphatic heterocycles. The van der Waals surface area contributed by atoms with Gasteiger partial charge in [-0.05, 0) is 24.6 Å². The molecule has 146 valence electrons. The van der Waals surface area contributed by atoms with Gasteiger partial charge in [-0.3, -0.25) is 24.5 Å². The van der Waals surface area contributed by atoms with E-state index in [1.54, 1.807) is 12.1 Å². The summed E-state index contributed by atoms with van der Waals surface area (Å²) in [5, 5.41) is 21.0. The van der Waals surface area contributed by atoms with Crippen molar-refractivity contribution in [2.75, 3.05) is 0 Å². The number of aliphatic hydroxyl groups is 1. The predicted octanol–water partition coefficient (Wildman–Crippen LogP) is 2.80. The number of rotatable bonds is 6. The Bertz CT molecular complexity index is 1030. The van der Waals surface area contributed by atoms with Crippen LogP contribution in [0.4, 0.5) is 5.69 Å². The number of hydrogen-bond donors (Lipinski definition) is 1. The van der Waals surface area contributed by atoms with Crippen molar-refractivity contribution in [2.24, 2.45) is 0 Å². The van der Waals surface area contributed by atoms with Gasteiger partial charge in [-0.1, -0.05) is 24.3 Å². The van der Waals surface area contributed by atoms with Crippen LogP contribution in [0.3, 0.4) is 0 Å². The number of fused-ring (bicyclic) bond motifs is 1. The molecule has 1 aliphatic rings. The van der Waals surface area contributed by atoms with Crippen LogP contribution >= 0.6 is 0 Å². The van der Waals surface area contributed by atoms with Crippen molar-refractivity contribution in [3.63, 3.8) is 0 Å². The molecular formula is C21H15NO7. The molecule has 0 atom stereocenters. The second-order valence-electron chi connectivity index (χ2n) is 6.25. The monoisotopic (exact) mass is 393 g/mol. The molecule has 0 radical (unpaired) electrons. The van der Waals surface area contributed by atoms with Crippen molar-refractivity contribution in [3.05, 3.63) is 87.7 Å². The molecule has 0 heterocycles. The smallest absolute Gasteiger partial charge is 0.311 e. The Kier molecular flexibility index (Phi) is 5.50. The highest BCUT2D eigenvalue weighted by atomic mass is 16.6. The molecule has 8 heteroatoms. The third kappa shape index (κ3) is 4.03. The van der Waals surface area contributed by atoms with Crippen LogP contribution in [0, 0.1) is 10.1 Å². The summed E-state index contributed by atoms with van der Waals surface area (Å²) < 4.78 is 5.05. The minimum Gasteiger partial charge on any atom is -0.427 e. The Morgan fingerprint density at radius 3 is 2.24 bits per heavy atom. The van der Waals surface area contributed by atoms with Crippen molar-refractivity contribution >= 4 is 23.2 Å². The van der Waals surface area contributed by atoms with E-state index in [0.717, 1.165) is 6.08 Å². The van der Waals surface area contributed by atoms with Gasteiger partial charge in [-0.25, -0.2) is 0 Å². The third-order valence-electron chi connectivity index (χ3n) is 4.29. The number of nitro benzene ring substituents is 1. The molecule has 3 rings (SSSR count). The molecule has 2 aromatic carbocycles. The van der Waals surface area contributed by atoms with Gasteiger partial charge >= 0.3 is 5.97 Å². The number of carbonyl (C=O) groups is 3. The molecule has 29 heavy (non-hydrogen) atoms. The quantitative estimate of drug-likeness (QED) is 0.200. The number of ketones is 2. The topological polar surface area (TPSA) is 124 Å². The van der Waals surface area contributed by atoms with E-state index in [2.05, 4.69) is 5.73 Å². The highest BCUT2D eigenvalue weighted by Gasteiger charge is 2.50. The van der Waals surface area contributed by atoms with Gasteiger partial charge in [0.25, 0.3) is 5.69 Å². The van der Waals surface area contributed by atoms with Crippen LogP contribution in [-0.2, 0) is 4.79 Å². The fourth-order valence-electron chi connectivity index (χ4n) is 2.80. The second kappa shape index (κ2) is 8.02. The molecule has 0 unspecified atom stereocenters. The molecule has 0 fully saturated rings. The molecule has 0 spiro atoms. The number of hydrogen-bond acceptors (Lipinski definition) is 7. The zero-order valence-corrected chi connectivity index (χ0v) is 15.0. The number of Topliss-reactive ketones (excluding diaryl/α,β-unsaturated/α-hetero) is 2. The van der Waals surface area contributed by atoms with E-state index in [1.807, 2.05) is 0 Å². The number of ether oxygens (including phenoxy) is 1. The molecule has 8 nitrogen and oxygen atoms in total. The van der Waals surface area contributed by atoms with E-state index in [0.29, 0.717) is 0 Å². The molecular weight excluding hydrogens is 378 g/mol. The first kappa shape index (κ1) is 19.9. The van der Waals surface area contributed by atoms with Gasteiger partial charge in [-0.2, -0.15) is 0 Å². The van der Waals surface area contributed by atoms with E-state index >= 15 is 0 Å². The van der Waals surface area contributed by atoms with Crippen molar-refractivity contribution < 1.29 is 29.2 Å². The van der Waals surface area contributed by atoms with E-state index in [-0.39, 0.29) is 35.4 Å². The maximum atomic E-state index is 12.3. The average molecular weight is 393 g/mol. The lowest BCUT2D eigenvalue weighted by atomic mass is 9.98. The van der Waals surface area contributed by atoms with E-state index in [4.69, 9.17) is 4.74 Å². The van der Waals surface area contributed by atoms with E-state index in [9.17, 15) is 29.6 Å². The fourth-order valence-corrected chi connectivity index (χ4v) is 2.80. The zero-order valence-electron chi connectivity index (χ0n) is 15.0. The highest BCUT2D eigenvalue weighted by molar-refractivity contribution is 6.33. The van der Waals surface area contributed by atoms with Crippen LogP contribution in [0.2, 0.25) is 0 Å². The number of nitro groups is 1. The lowest BCUT2D eigenvalue weighted by Crippen LogP contribution is -2.38. The number of non-ortho nitro benzene ring substituents is 1. The van der Waals surface area contributed by atoms with Crippen LogP contribution in [0.15, 0.2) is 66.4 Å². The summed E-state index contributed by atoms with van der Waals surface area (Å²) in [6.45, 7) is 0. The van der Waals surface area contributed by atoms with Crippen molar-refractivity contribution in [3.8, 4) is 5.75 Å². The molecule has 0 saturated carbocycles. The number of benzene rings is 2. The lowest BCUT2D eigenvalue weighted by molar-refractivity contribution is -0.384. The number of esters is 1. The maximum Gasteiger partial charge on any atom is 0.311 e. The average Bonchev–Trinajstić information content (AvgIpc) is 2.90. The third-order valence-corrected chi connectivity index (χ3v) is 4.29.